The maximum Gasteiger partial charge on any atom is 0.227 e. The molecule has 29 heavy (non-hydrogen) atoms. The summed E-state index contributed by atoms with van der Waals surface area (Å²) in [5, 5.41) is 0. The van der Waals surface area contributed by atoms with Gasteiger partial charge in [0.05, 0.1) is 13.5 Å². The summed E-state index contributed by atoms with van der Waals surface area (Å²) in [7, 11) is 1.64. The molecule has 1 aromatic carbocycles. The van der Waals surface area contributed by atoms with Crippen LogP contribution in [0.5, 0.6) is 5.75 Å². The number of nitrogens with zero attached hydrogens (tertiary/aromatic N) is 5. The van der Waals surface area contributed by atoms with Crippen molar-refractivity contribution in [1.29, 1.82) is 0 Å². The van der Waals surface area contributed by atoms with Crippen LogP contribution in [0.15, 0.2) is 36.5 Å². The summed E-state index contributed by atoms with van der Waals surface area (Å²) in [6, 6.07) is 9.69. The van der Waals surface area contributed by atoms with Crippen LogP contribution in [-0.2, 0) is 11.2 Å². The van der Waals surface area contributed by atoms with Crippen LogP contribution in [-0.4, -0.2) is 67.2 Å². The molecule has 0 spiro atoms. The Hall–Kier alpha value is -2.83. The second kappa shape index (κ2) is 9.11. The average molecular weight is 396 g/mol. The largest absolute Gasteiger partial charge is 0.496 e. The Labute approximate surface area is 172 Å². The van der Waals surface area contributed by atoms with Gasteiger partial charge in [0.25, 0.3) is 0 Å². The lowest BCUT2D eigenvalue weighted by atomic mass is 10.1. The van der Waals surface area contributed by atoms with Crippen LogP contribution in [0.2, 0.25) is 0 Å². The number of rotatable bonds is 5. The number of carbonyl (C=O) groups excluding carboxylic acids is 1. The van der Waals surface area contributed by atoms with E-state index in [-0.39, 0.29) is 5.91 Å². The predicted molar refractivity (Wildman–Crippen MR) is 114 cm³/mol. The molecule has 0 aliphatic carbocycles. The summed E-state index contributed by atoms with van der Waals surface area (Å²) in [5.74, 6) is 2.70. The number of hydrogen-bond donors (Lipinski definition) is 0. The fourth-order valence-corrected chi connectivity index (χ4v) is 4.07. The molecule has 1 aromatic heterocycles. The molecule has 154 valence electrons. The predicted octanol–water partition coefficient (Wildman–Crippen LogP) is 2.37. The van der Waals surface area contributed by atoms with Gasteiger partial charge in [-0.05, 0) is 31.4 Å². The van der Waals surface area contributed by atoms with Gasteiger partial charge in [0.15, 0.2) is 0 Å². The fraction of sp³-hybridized carbons (Fsp3) is 0.500. The molecule has 7 heteroatoms. The number of para-hydroxylation sites is 1. The van der Waals surface area contributed by atoms with Gasteiger partial charge in [-0.1, -0.05) is 18.2 Å². The average Bonchev–Trinajstić information content (AvgIpc) is 2.80. The van der Waals surface area contributed by atoms with Crippen molar-refractivity contribution < 1.29 is 9.53 Å². The SMILES string of the molecule is COc1ccccc1CC(=O)N1CCN(c2ccnc(N3CCCCC3)n2)CC1. The van der Waals surface area contributed by atoms with Crippen LogP contribution >= 0.6 is 0 Å². The second-order valence-electron chi connectivity index (χ2n) is 7.62. The first-order valence-electron chi connectivity index (χ1n) is 10.5. The van der Waals surface area contributed by atoms with Gasteiger partial charge in [0.2, 0.25) is 11.9 Å². The Bertz CT molecular complexity index is 829. The smallest absolute Gasteiger partial charge is 0.227 e. The molecule has 2 aliphatic heterocycles. The summed E-state index contributed by atoms with van der Waals surface area (Å²) in [6.07, 6.45) is 5.93. The number of anilines is 2. The van der Waals surface area contributed by atoms with Crippen LogP contribution in [0.4, 0.5) is 11.8 Å². The highest BCUT2D eigenvalue weighted by molar-refractivity contribution is 5.79. The first kappa shape index (κ1) is 19.5. The van der Waals surface area contributed by atoms with Crippen LogP contribution in [0, 0.1) is 0 Å². The van der Waals surface area contributed by atoms with Gasteiger partial charge in [0.1, 0.15) is 11.6 Å². The minimum Gasteiger partial charge on any atom is -0.496 e. The van der Waals surface area contributed by atoms with Gasteiger partial charge in [-0.15, -0.1) is 0 Å². The number of ether oxygens (including phenoxy) is 1. The quantitative estimate of drug-likeness (QED) is 0.775. The van der Waals surface area contributed by atoms with Gasteiger partial charge in [-0.3, -0.25) is 4.79 Å². The van der Waals surface area contributed by atoms with Crippen molar-refractivity contribution >= 4 is 17.7 Å². The van der Waals surface area contributed by atoms with E-state index in [0.29, 0.717) is 19.5 Å². The number of piperazine rings is 1. The molecule has 0 bridgehead atoms. The highest BCUT2D eigenvalue weighted by Gasteiger charge is 2.23. The fourth-order valence-electron chi connectivity index (χ4n) is 4.07. The molecule has 0 atom stereocenters. The van der Waals surface area contributed by atoms with Gasteiger partial charge in [0, 0.05) is 51.0 Å². The zero-order valence-corrected chi connectivity index (χ0v) is 17.1. The van der Waals surface area contributed by atoms with Crippen LogP contribution in [0.3, 0.4) is 0 Å². The van der Waals surface area contributed by atoms with Crippen LogP contribution < -0.4 is 14.5 Å². The van der Waals surface area contributed by atoms with E-state index in [1.54, 1.807) is 7.11 Å². The Morgan fingerprint density at radius 2 is 1.72 bits per heavy atom. The molecule has 0 N–H and O–H groups in total. The summed E-state index contributed by atoms with van der Waals surface area (Å²) in [4.78, 5) is 28.5. The molecule has 4 rings (SSSR count). The van der Waals surface area contributed by atoms with Gasteiger partial charge < -0.3 is 19.4 Å². The Morgan fingerprint density at radius 3 is 2.48 bits per heavy atom. The number of carbonyl (C=O) groups is 1. The number of hydrogen-bond acceptors (Lipinski definition) is 6. The van der Waals surface area contributed by atoms with E-state index in [1.807, 2.05) is 41.4 Å². The molecule has 3 heterocycles. The molecule has 0 radical (unpaired) electrons. The Morgan fingerprint density at radius 1 is 0.966 bits per heavy atom. The van der Waals surface area contributed by atoms with E-state index >= 15 is 0 Å². The summed E-state index contributed by atoms with van der Waals surface area (Å²) < 4.78 is 5.37. The lowest BCUT2D eigenvalue weighted by Gasteiger charge is -2.36. The second-order valence-corrected chi connectivity index (χ2v) is 7.62. The van der Waals surface area contributed by atoms with Crippen LogP contribution in [0.1, 0.15) is 24.8 Å². The number of amides is 1. The third kappa shape index (κ3) is 4.60. The standard InChI is InChI=1S/C22H29N5O2/c1-29-19-8-4-3-7-18(19)17-21(28)26-15-13-25(14-16-26)20-9-10-23-22(24-20)27-11-5-2-6-12-27/h3-4,7-10H,2,5-6,11-17H2,1H3. The minimum atomic E-state index is 0.144. The van der Waals surface area contributed by atoms with Gasteiger partial charge in [-0.25, -0.2) is 4.98 Å². The van der Waals surface area contributed by atoms with Crippen LogP contribution in [0.25, 0.3) is 0 Å². The van der Waals surface area contributed by atoms with Crippen molar-refractivity contribution in [1.82, 2.24) is 14.9 Å². The maximum absolute atomic E-state index is 12.8. The zero-order chi connectivity index (χ0) is 20.1. The molecular weight excluding hydrogens is 366 g/mol. The summed E-state index contributed by atoms with van der Waals surface area (Å²) in [5.41, 5.74) is 0.935. The molecule has 2 aromatic rings. The lowest BCUT2D eigenvalue weighted by Crippen LogP contribution is -2.49. The third-order valence-electron chi connectivity index (χ3n) is 5.76. The number of methoxy groups -OCH3 is 1. The zero-order valence-electron chi connectivity index (χ0n) is 17.1. The normalized spacial score (nSPS) is 17.3. The van der Waals surface area contributed by atoms with Crippen molar-refractivity contribution in [2.45, 2.75) is 25.7 Å². The number of piperidine rings is 1. The van der Waals surface area contributed by atoms with Gasteiger partial charge in [-0.2, -0.15) is 4.98 Å². The minimum absolute atomic E-state index is 0.144. The van der Waals surface area contributed by atoms with E-state index in [0.717, 1.165) is 49.3 Å². The Kier molecular flexibility index (Phi) is 6.12. The van der Waals surface area contributed by atoms with Crippen molar-refractivity contribution in [3.05, 3.63) is 42.1 Å². The highest BCUT2D eigenvalue weighted by atomic mass is 16.5. The van der Waals surface area contributed by atoms with Crippen molar-refractivity contribution in [2.75, 3.05) is 56.2 Å². The highest BCUT2D eigenvalue weighted by Crippen LogP contribution is 2.21. The molecular formula is C22H29N5O2. The molecule has 1 amide bonds. The summed E-state index contributed by atoms with van der Waals surface area (Å²) in [6.45, 7) is 5.06. The lowest BCUT2D eigenvalue weighted by molar-refractivity contribution is -0.130. The van der Waals surface area contributed by atoms with E-state index in [4.69, 9.17) is 9.72 Å². The third-order valence-corrected chi connectivity index (χ3v) is 5.76. The number of benzene rings is 1. The topological polar surface area (TPSA) is 61.8 Å². The first-order valence-corrected chi connectivity index (χ1v) is 10.5. The molecule has 0 unspecified atom stereocenters. The molecule has 2 aliphatic rings. The van der Waals surface area contributed by atoms with Crippen molar-refractivity contribution in [2.24, 2.45) is 0 Å². The first-order chi connectivity index (χ1) is 14.2. The number of aromatic nitrogens is 2. The summed E-state index contributed by atoms with van der Waals surface area (Å²) >= 11 is 0. The van der Waals surface area contributed by atoms with E-state index in [1.165, 1.54) is 19.3 Å². The van der Waals surface area contributed by atoms with Gasteiger partial charge >= 0.3 is 0 Å². The molecule has 0 saturated carbocycles. The molecule has 7 nitrogen and oxygen atoms in total. The van der Waals surface area contributed by atoms with Crippen molar-refractivity contribution in [3.63, 3.8) is 0 Å². The molecule has 2 saturated heterocycles. The van der Waals surface area contributed by atoms with E-state index in [9.17, 15) is 4.79 Å². The Balaban J connectivity index is 1.35. The molecule has 2 fully saturated rings. The van der Waals surface area contributed by atoms with E-state index < -0.39 is 0 Å². The van der Waals surface area contributed by atoms with E-state index in [2.05, 4.69) is 14.8 Å². The maximum atomic E-state index is 12.8. The monoisotopic (exact) mass is 395 g/mol. The van der Waals surface area contributed by atoms with Crippen molar-refractivity contribution in [3.8, 4) is 5.75 Å².